The van der Waals surface area contributed by atoms with Gasteiger partial charge in [-0.25, -0.2) is 0 Å². The third-order valence-electron chi connectivity index (χ3n) is 3.51. The molecule has 1 aliphatic rings. The minimum atomic E-state index is -0.334. The van der Waals surface area contributed by atoms with Crippen molar-refractivity contribution in [3.63, 3.8) is 0 Å². The van der Waals surface area contributed by atoms with Gasteiger partial charge in [0.2, 0.25) is 0 Å². The molecule has 3 N–H and O–H groups in total. The molecular formula is C11H18N4O2. The van der Waals surface area contributed by atoms with Crippen LogP contribution in [0.15, 0.2) is 6.20 Å². The van der Waals surface area contributed by atoms with E-state index in [4.69, 9.17) is 10.5 Å². The van der Waals surface area contributed by atoms with E-state index in [9.17, 15) is 4.79 Å². The summed E-state index contributed by atoms with van der Waals surface area (Å²) in [6.45, 7) is 4.61. The van der Waals surface area contributed by atoms with Gasteiger partial charge in [-0.2, -0.15) is 5.10 Å². The van der Waals surface area contributed by atoms with Crippen molar-refractivity contribution in [1.29, 1.82) is 0 Å². The SMILES string of the molecule is CC1OCCC1(C)NC(=O)c1cnn(C)c1N. The second kappa shape index (κ2) is 4.03. The van der Waals surface area contributed by atoms with Crippen LogP contribution in [0.25, 0.3) is 0 Å². The third kappa shape index (κ3) is 2.00. The van der Waals surface area contributed by atoms with Gasteiger partial charge < -0.3 is 15.8 Å². The zero-order chi connectivity index (χ0) is 12.6. The predicted octanol–water partition coefficient (Wildman–Crippen LogP) is 0.300. The number of hydrogen-bond donors (Lipinski definition) is 2. The van der Waals surface area contributed by atoms with Gasteiger partial charge in [0.05, 0.1) is 17.8 Å². The molecule has 1 fully saturated rings. The summed E-state index contributed by atoms with van der Waals surface area (Å²) in [5, 5.41) is 6.93. The highest BCUT2D eigenvalue weighted by molar-refractivity contribution is 5.98. The molecule has 6 nitrogen and oxygen atoms in total. The van der Waals surface area contributed by atoms with Crippen molar-refractivity contribution >= 4 is 11.7 Å². The molecule has 2 rings (SSSR count). The lowest BCUT2D eigenvalue weighted by molar-refractivity contribution is 0.0728. The van der Waals surface area contributed by atoms with Crippen LogP contribution in [0.1, 0.15) is 30.6 Å². The number of anilines is 1. The van der Waals surface area contributed by atoms with E-state index in [2.05, 4.69) is 10.4 Å². The van der Waals surface area contributed by atoms with E-state index in [1.807, 2.05) is 13.8 Å². The molecular weight excluding hydrogens is 220 g/mol. The summed E-state index contributed by atoms with van der Waals surface area (Å²) in [6, 6.07) is 0. The van der Waals surface area contributed by atoms with Crippen molar-refractivity contribution in [2.45, 2.75) is 31.9 Å². The lowest BCUT2D eigenvalue weighted by Gasteiger charge is -2.28. The van der Waals surface area contributed by atoms with E-state index in [0.717, 1.165) is 6.42 Å². The fraction of sp³-hybridized carbons (Fsp3) is 0.636. The Bertz CT molecular complexity index is 443. The number of nitrogens with two attached hydrogens (primary N) is 1. The molecule has 17 heavy (non-hydrogen) atoms. The van der Waals surface area contributed by atoms with E-state index < -0.39 is 0 Å². The summed E-state index contributed by atoms with van der Waals surface area (Å²) in [4.78, 5) is 12.1. The van der Waals surface area contributed by atoms with Gasteiger partial charge in [0.1, 0.15) is 11.4 Å². The lowest BCUT2D eigenvalue weighted by Crippen LogP contribution is -2.50. The highest BCUT2D eigenvalue weighted by Gasteiger charge is 2.38. The highest BCUT2D eigenvalue weighted by atomic mass is 16.5. The molecule has 2 atom stereocenters. The van der Waals surface area contributed by atoms with Crippen molar-refractivity contribution in [3.8, 4) is 0 Å². The van der Waals surface area contributed by atoms with Crippen LogP contribution in [0.4, 0.5) is 5.82 Å². The molecule has 0 radical (unpaired) electrons. The number of aromatic nitrogens is 2. The van der Waals surface area contributed by atoms with Crippen molar-refractivity contribution in [2.24, 2.45) is 7.05 Å². The van der Waals surface area contributed by atoms with Crippen LogP contribution < -0.4 is 11.1 Å². The average molecular weight is 238 g/mol. The molecule has 0 aromatic carbocycles. The standard InChI is InChI=1S/C11H18N4O2/c1-7-11(2,4-5-17-7)14-10(16)8-6-13-15(3)9(8)12/h6-7H,4-5,12H2,1-3H3,(H,14,16). The normalized spacial score (nSPS) is 28.3. The van der Waals surface area contributed by atoms with Gasteiger partial charge in [0, 0.05) is 13.7 Å². The van der Waals surface area contributed by atoms with Gasteiger partial charge in [-0.3, -0.25) is 9.48 Å². The Labute approximate surface area is 100 Å². The van der Waals surface area contributed by atoms with Crippen LogP contribution in [0, 0.1) is 0 Å². The molecule has 6 heteroatoms. The van der Waals surface area contributed by atoms with Gasteiger partial charge in [0.25, 0.3) is 5.91 Å². The summed E-state index contributed by atoms with van der Waals surface area (Å²) in [5.74, 6) is 0.174. The van der Waals surface area contributed by atoms with E-state index in [1.54, 1.807) is 7.05 Å². The minimum Gasteiger partial charge on any atom is -0.383 e. The lowest BCUT2D eigenvalue weighted by atomic mass is 9.94. The summed E-state index contributed by atoms with van der Waals surface area (Å²) < 4.78 is 6.95. The maximum Gasteiger partial charge on any atom is 0.257 e. The summed E-state index contributed by atoms with van der Waals surface area (Å²) in [6.07, 6.45) is 2.29. The third-order valence-corrected chi connectivity index (χ3v) is 3.51. The molecule has 1 aromatic heterocycles. The number of amides is 1. The van der Waals surface area contributed by atoms with E-state index in [1.165, 1.54) is 10.9 Å². The first-order chi connectivity index (χ1) is 7.94. The number of nitrogens with zero attached hydrogens (tertiary/aromatic N) is 2. The molecule has 0 bridgehead atoms. The van der Waals surface area contributed by atoms with Crippen LogP contribution in [0.3, 0.4) is 0 Å². The quantitative estimate of drug-likeness (QED) is 0.776. The maximum atomic E-state index is 12.1. The predicted molar refractivity (Wildman–Crippen MR) is 63.5 cm³/mol. The van der Waals surface area contributed by atoms with Crippen molar-refractivity contribution in [2.75, 3.05) is 12.3 Å². The van der Waals surface area contributed by atoms with Crippen molar-refractivity contribution < 1.29 is 9.53 Å². The summed E-state index contributed by atoms with van der Waals surface area (Å²) in [5.41, 5.74) is 5.84. The van der Waals surface area contributed by atoms with Crippen LogP contribution in [0.5, 0.6) is 0 Å². The zero-order valence-corrected chi connectivity index (χ0v) is 10.4. The molecule has 0 aliphatic carbocycles. The zero-order valence-electron chi connectivity index (χ0n) is 10.4. The highest BCUT2D eigenvalue weighted by Crippen LogP contribution is 2.25. The molecule has 1 aliphatic heterocycles. The van der Waals surface area contributed by atoms with E-state index >= 15 is 0 Å². The minimum absolute atomic E-state index is 0.00402. The van der Waals surface area contributed by atoms with Crippen LogP contribution in [-0.4, -0.2) is 33.9 Å². The topological polar surface area (TPSA) is 82.2 Å². The monoisotopic (exact) mass is 238 g/mol. The average Bonchev–Trinajstić information content (AvgIpc) is 2.74. The van der Waals surface area contributed by atoms with Crippen molar-refractivity contribution in [3.05, 3.63) is 11.8 Å². The first kappa shape index (κ1) is 11.9. The van der Waals surface area contributed by atoms with Gasteiger partial charge >= 0.3 is 0 Å². The number of carbonyl (C=O) groups excluding carboxylic acids is 1. The second-order valence-corrected chi connectivity index (χ2v) is 4.70. The summed E-state index contributed by atoms with van der Waals surface area (Å²) >= 11 is 0. The van der Waals surface area contributed by atoms with E-state index in [0.29, 0.717) is 18.0 Å². The Balaban J connectivity index is 2.14. The Kier molecular flexibility index (Phi) is 2.82. The Hall–Kier alpha value is -1.56. The fourth-order valence-electron chi connectivity index (χ4n) is 1.95. The maximum absolute atomic E-state index is 12.1. The number of aryl methyl sites for hydroxylation is 1. The molecule has 94 valence electrons. The Morgan fingerprint density at radius 1 is 1.76 bits per heavy atom. The molecule has 1 amide bonds. The fourth-order valence-corrected chi connectivity index (χ4v) is 1.95. The smallest absolute Gasteiger partial charge is 0.257 e. The van der Waals surface area contributed by atoms with Gasteiger partial charge in [-0.05, 0) is 20.3 Å². The van der Waals surface area contributed by atoms with Crippen LogP contribution in [0.2, 0.25) is 0 Å². The Morgan fingerprint density at radius 3 is 2.94 bits per heavy atom. The molecule has 2 heterocycles. The van der Waals surface area contributed by atoms with Gasteiger partial charge in [0.15, 0.2) is 0 Å². The molecule has 1 aromatic rings. The summed E-state index contributed by atoms with van der Waals surface area (Å²) in [7, 11) is 1.70. The number of nitrogens with one attached hydrogen (secondary N) is 1. The first-order valence-corrected chi connectivity index (χ1v) is 5.65. The molecule has 1 saturated heterocycles. The Morgan fingerprint density at radius 2 is 2.47 bits per heavy atom. The number of ether oxygens (including phenoxy) is 1. The number of nitrogen functional groups attached to an aromatic ring is 1. The first-order valence-electron chi connectivity index (χ1n) is 5.65. The molecule has 0 saturated carbocycles. The number of rotatable bonds is 2. The van der Waals surface area contributed by atoms with Crippen LogP contribution in [-0.2, 0) is 11.8 Å². The molecule has 2 unspecified atom stereocenters. The molecule has 0 spiro atoms. The number of carbonyl (C=O) groups is 1. The van der Waals surface area contributed by atoms with E-state index in [-0.39, 0.29) is 17.6 Å². The van der Waals surface area contributed by atoms with Crippen LogP contribution >= 0.6 is 0 Å². The van der Waals surface area contributed by atoms with Gasteiger partial charge in [-0.15, -0.1) is 0 Å². The van der Waals surface area contributed by atoms with Crippen molar-refractivity contribution in [1.82, 2.24) is 15.1 Å². The second-order valence-electron chi connectivity index (χ2n) is 4.70. The largest absolute Gasteiger partial charge is 0.383 e. The number of hydrogen-bond acceptors (Lipinski definition) is 4. The van der Waals surface area contributed by atoms with Gasteiger partial charge in [-0.1, -0.05) is 0 Å².